The van der Waals surface area contributed by atoms with Gasteiger partial charge in [-0.05, 0) is 36.5 Å². The summed E-state index contributed by atoms with van der Waals surface area (Å²) in [5.41, 5.74) is 2.51. The zero-order valence-electron chi connectivity index (χ0n) is 17.3. The molecule has 3 aromatic rings. The van der Waals surface area contributed by atoms with Gasteiger partial charge in [0.1, 0.15) is 17.8 Å². The third-order valence-electron chi connectivity index (χ3n) is 5.40. The van der Waals surface area contributed by atoms with Crippen molar-refractivity contribution >= 4 is 17.3 Å². The Hall–Kier alpha value is -3.42. The van der Waals surface area contributed by atoms with Gasteiger partial charge < -0.3 is 15.0 Å². The highest BCUT2D eigenvalue weighted by molar-refractivity contribution is 5.92. The second-order valence-electron chi connectivity index (χ2n) is 7.65. The van der Waals surface area contributed by atoms with E-state index < -0.39 is 0 Å². The average molecular weight is 406 g/mol. The zero-order chi connectivity index (χ0) is 20.9. The molecule has 156 valence electrons. The van der Waals surface area contributed by atoms with Crippen molar-refractivity contribution in [2.45, 2.75) is 26.2 Å². The molecule has 1 amide bonds. The Morgan fingerprint density at radius 2 is 1.97 bits per heavy atom. The van der Waals surface area contributed by atoms with Crippen molar-refractivity contribution in [2.24, 2.45) is 5.92 Å². The lowest BCUT2D eigenvalue weighted by atomic mass is 9.99. The van der Waals surface area contributed by atoms with Crippen LogP contribution < -0.4 is 15.0 Å². The third kappa shape index (κ3) is 4.59. The van der Waals surface area contributed by atoms with E-state index in [2.05, 4.69) is 32.2 Å². The number of ether oxygens (including phenoxy) is 1. The fourth-order valence-corrected chi connectivity index (χ4v) is 3.60. The normalized spacial score (nSPS) is 14.5. The minimum absolute atomic E-state index is 0.104. The monoisotopic (exact) mass is 406 g/mol. The number of rotatable bonds is 6. The molecule has 1 aliphatic rings. The highest BCUT2D eigenvalue weighted by Gasteiger charge is 2.20. The molecule has 0 unspecified atom stereocenters. The first kappa shape index (κ1) is 19.9. The van der Waals surface area contributed by atoms with Crippen molar-refractivity contribution in [1.29, 1.82) is 0 Å². The van der Waals surface area contributed by atoms with Crippen molar-refractivity contribution in [1.82, 2.24) is 19.7 Å². The highest BCUT2D eigenvalue weighted by Crippen LogP contribution is 2.26. The van der Waals surface area contributed by atoms with E-state index in [1.807, 2.05) is 30.5 Å². The van der Waals surface area contributed by atoms with Crippen LogP contribution in [-0.4, -0.2) is 45.9 Å². The molecule has 8 heteroatoms. The third-order valence-corrected chi connectivity index (χ3v) is 5.40. The molecule has 0 spiro atoms. The summed E-state index contributed by atoms with van der Waals surface area (Å²) >= 11 is 0. The standard InChI is InChI=1S/C22H26N6O2/c1-16-7-9-27(10-8-16)20-13-23-15-24-22(20)28-14-18(12-25-28)26-21(29)11-17-3-5-19(30-2)6-4-17/h3-6,12-16H,7-11H2,1-2H3,(H,26,29). The summed E-state index contributed by atoms with van der Waals surface area (Å²) in [7, 11) is 1.62. The van der Waals surface area contributed by atoms with Crippen molar-refractivity contribution in [3.05, 3.63) is 54.7 Å². The van der Waals surface area contributed by atoms with Crippen LogP contribution in [-0.2, 0) is 11.2 Å². The van der Waals surface area contributed by atoms with Gasteiger partial charge in [-0.15, -0.1) is 0 Å². The first-order chi connectivity index (χ1) is 14.6. The number of carbonyl (C=O) groups excluding carboxylic acids is 1. The van der Waals surface area contributed by atoms with Crippen LogP contribution in [0.25, 0.3) is 5.82 Å². The van der Waals surface area contributed by atoms with E-state index in [0.29, 0.717) is 5.69 Å². The Labute approximate surface area is 175 Å². The largest absolute Gasteiger partial charge is 0.497 e. The molecule has 8 nitrogen and oxygen atoms in total. The number of nitrogens with one attached hydrogen (secondary N) is 1. The summed E-state index contributed by atoms with van der Waals surface area (Å²) in [4.78, 5) is 23.4. The molecule has 0 aliphatic carbocycles. The molecule has 0 atom stereocenters. The van der Waals surface area contributed by atoms with Gasteiger partial charge in [-0.3, -0.25) is 4.79 Å². The van der Waals surface area contributed by atoms with E-state index in [9.17, 15) is 4.79 Å². The van der Waals surface area contributed by atoms with E-state index in [-0.39, 0.29) is 12.3 Å². The fourth-order valence-electron chi connectivity index (χ4n) is 3.60. The van der Waals surface area contributed by atoms with Gasteiger partial charge >= 0.3 is 0 Å². The number of nitrogens with zero attached hydrogens (tertiary/aromatic N) is 5. The molecule has 1 N–H and O–H groups in total. The predicted octanol–water partition coefficient (Wildman–Crippen LogP) is 3.09. The van der Waals surface area contributed by atoms with Crippen molar-refractivity contribution in [3.8, 4) is 11.6 Å². The second-order valence-corrected chi connectivity index (χ2v) is 7.65. The minimum atomic E-state index is -0.104. The average Bonchev–Trinajstić information content (AvgIpc) is 3.23. The molecule has 2 aromatic heterocycles. The Kier molecular flexibility index (Phi) is 5.92. The van der Waals surface area contributed by atoms with Gasteiger partial charge in [0.25, 0.3) is 0 Å². The van der Waals surface area contributed by atoms with E-state index in [4.69, 9.17) is 4.74 Å². The lowest BCUT2D eigenvalue weighted by Gasteiger charge is -2.32. The van der Waals surface area contributed by atoms with Gasteiger partial charge in [0.05, 0.1) is 37.8 Å². The number of benzene rings is 1. The molecular weight excluding hydrogens is 380 g/mol. The van der Waals surface area contributed by atoms with E-state index in [1.165, 1.54) is 6.33 Å². The molecule has 1 fully saturated rings. The molecule has 0 radical (unpaired) electrons. The molecule has 0 bridgehead atoms. The molecule has 1 aliphatic heterocycles. The highest BCUT2D eigenvalue weighted by atomic mass is 16.5. The van der Waals surface area contributed by atoms with Gasteiger partial charge in [-0.2, -0.15) is 5.10 Å². The molecule has 1 aromatic carbocycles. The van der Waals surface area contributed by atoms with Gasteiger partial charge in [0.2, 0.25) is 5.91 Å². The SMILES string of the molecule is COc1ccc(CC(=O)Nc2cnn(-c3ncncc3N3CCC(C)CC3)c2)cc1. The van der Waals surface area contributed by atoms with Crippen LogP contribution in [0.15, 0.2) is 49.2 Å². The number of hydrogen-bond donors (Lipinski definition) is 1. The summed E-state index contributed by atoms with van der Waals surface area (Å²) < 4.78 is 6.84. The minimum Gasteiger partial charge on any atom is -0.497 e. The molecule has 30 heavy (non-hydrogen) atoms. The maximum atomic E-state index is 12.4. The maximum absolute atomic E-state index is 12.4. The molecule has 1 saturated heterocycles. The number of methoxy groups -OCH3 is 1. The van der Waals surface area contributed by atoms with Gasteiger partial charge in [-0.25, -0.2) is 14.6 Å². The number of piperidine rings is 1. The molecular formula is C22H26N6O2. The van der Waals surface area contributed by atoms with Crippen LogP contribution in [0.2, 0.25) is 0 Å². The Bertz CT molecular complexity index is 993. The van der Waals surface area contributed by atoms with Crippen molar-refractivity contribution in [3.63, 3.8) is 0 Å². The van der Waals surface area contributed by atoms with E-state index in [1.54, 1.807) is 24.2 Å². The van der Waals surface area contributed by atoms with Crippen LogP contribution in [0.1, 0.15) is 25.3 Å². The predicted molar refractivity (Wildman–Crippen MR) is 115 cm³/mol. The Morgan fingerprint density at radius 1 is 1.20 bits per heavy atom. The van der Waals surface area contributed by atoms with Crippen LogP contribution in [0.3, 0.4) is 0 Å². The van der Waals surface area contributed by atoms with Crippen LogP contribution >= 0.6 is 0 Å². The molecule has 3 heterocycles. The lowest BCUT2D eigenvalue weighted by molar-refractivity contribution is -0.115. The van der Waals surface area contributed by atoms with E-state index >= 15 is 0 Å². The van der Waals surface area contributed by atoms with E-state index in [0.717, 1.165) is 54.7 Å². The Morgan fingerprint density at radius 3 is 2.70 bits per heavy atom. The first-order valence-electron chi connectivity index (χ1n) is 10.1. The Balaban J connectivity index is 1.44. The topological polar surface area (TPSA) is 85.2 Å². The zero-order valence-corrected chi connectivity index (χ0v) is 17.3. The maximum Gasteiger partial charge on any atom is 0.228 e. The summed E-state index contributed by atoms with van der Waals surface area (Å²) in [5.74, 6) is 2.12. The van der Waals surface area contributed by atoms with Crippen molar-refractivity contribution in [2.75, 3.05) is 30.4 Å². The quantitative estimate of drug-likeness (QED) is 0.677. The number of anilines is 2. The molecule has 4 rings (SSSR count). The summed E-state index contributed by atoms with van der Waals surface area (Å²) in [5, 5.41) is 7.31. The van der Waals surface area contributed by atoms with Gasteiger partial charge in [-0.1, -0.05) is 19.1 Å². The number of aromatic nitrogens is 4. The number of carbonyl (C=O) groups is 1. The van der Waals surface area contributed by atoms with Gasteiger partial charge in [0, 0.05) is 13.1 Å². The van der Waals surface area contributed by atoms with Gasteiger partial charge in [0.15, 0.2) is 5.82 Å². The van der Waals surface area contributed by atoms with Crippen LogP contribution in [0.4, 0.5) is 11.4 Å². The fraction of sp³-hybridized carbons (Fsp3) is 0.364. The second kappa shape index (κ2) is 8.94. The number of hydrogen-bond acceptors (Lipinski definition) is 6. The number of amides is 1. The summed E-state index contributed by atoms with van der Waals surface area (Å²) in [6, 6.07) is 7.46. The smallest absolute Gasteiger partial charge is 0.228 e. The van der Waals surface area contributed by atoms with Crippen LogP contribution in [0.5, 0.6) is 5.75 Å². The van der Waals surface area contributed by atoms with Crippen LogP contribution in [0, 0.1) is 5.92 Å². The molecule has 0 saturated carbocycles. The lowest BCUT2D eigenvalue weighted by Crippen LogP contribution is -2.33. The summed E-state index contributed by atoms with van der Waals surface area (Å²) in [6.07, 6.45) is 9.36. The summed E-state index contributed by atoms with van der Waals surface area (Å²) in [6.45, 7) is 4.25. The van der Waals surface area contributed by atoms with Crippen molar-refractivity contribution < 1.29 is 9.53 Å². The first-order valence-corrected chi connectivity index (χ1v) is 10.1.